The normalized spacial score (nSPS) is 14.2. The summed E-state index contributed by atoms with van der Waals surface area (Å²) in [6, 6.07) is 15.8. The molecule has 0 spiro atoms. The zero-order chi connectivity index (χ0) is 14.7. The lowest BCUT2D eigenvalue weighted by Gasteiger charge is -2.27. The van der Waals surface area contributed by atoms with Gasteiger partial charge in [-0.05, 0) is 41.3 Å². The van der Waals surface area contributed by atoms with E-state index in [2.05, 4.69) is 18.2 Å². The Bertz CT molecular complexity index is 693. The molecule has 0 saturated heterocycles. The van der Waals surface area contributed by atoms with Crippen molar-refractivity contribution in [2.75, 3.05) is 6.54 Å². The van der Waals surface area contributed by atoms with Gasteiger partial charge in [0.2, 0.25) is 5.91 Å². The Morgan fingerprint density at radius 1 is 1.10 bits per heavy atom. The molecule has 0 aliphatic carbocycles. The molecule has 0 fully saturated rings. The van der Waals surface area contributed by atoms with Crippen LogP contribution in [0.3, 0.4) is 0 Å². The van der Waals surface area contributed by atoms with E-state index in [1.807, 2.05) is 41.3 Å². The largest absolute Gasteiger partial charge is 0.334 e. The summed E-state index contributed by atoms with van der Waals surface area (Å²) in [7, 11) is 0. The van der Waals surface area contributed by atoms with E-state index in [4.69, 9.17) is 11.6 Å². The van der Waals surface area contributed by atoms with Gasteiger partial charge in [0.1, 0.15) is 0 Å². The first-order valence-corrected chi connectivity index (χ1v) is 7.39. The smallest absolute Gasteiger partial charge is 0.246 e. The first-order chi connectivity index (χ1) is 10.2. The lowest BCUT2D eigenvalue weighted by molar-refractivity contribution is -0.126. The quantitative estimate of drug-likeness (QED) is 0.769. The van der Waals surface area contributed by atoms with E-state index in [0.717, 1.165) is 18.5 Å². The van der Waals surface area contributed by atoms with Crippen LogP contribution in [0.1, 0.15) is 16.7 Å². The molecule has 21 heavy (non-hydrogen) atoms. The van der Waals surface area contributed by atoms with Gasteiger partial charge in [-0.15, -0.1) is 0 Å². The fourth-order valence-corrected chi connectivity index (χ4v) is 2.77. The molecule has 0 N–H and O–H groups in total. The van der Waals surface area contributed by atoms with Crippen LogP contribution in [0.5, 0.6) is 0 Å². The molecule has 0 bridgehead atoms. The van der Waals surface area contributed by atoms with E-state index in [1.54, 1.807) is 6.08 Å². The Morgan fingerprint density at radius 2 is 1.90 bits per heavy atom. The third-order valence-electron chi connectivity index (χ3n) is 3.71. The summed E-state index contributed by atoms with van der Waals surface area (Å²) >= 11 is 5.94. The van der Waals surface area contributed by atoms with Gasteiger partial charge in [-0.2, -0.15) is 0 Å². The summed E-state index contributed by atoms with van der Waals surface area (Å²) < 4.78 is 0. The molecule has 0 radical (unpaired) electrons. The molecule has 1 aliphatic heterocycles. The lowest BCUT2D eigenvalue weighted by atomic mass is 10.00. The number of nitrogens with zero attached hydrogens (tertiary/aromatic N) is 1. The predicted molar refractivity (Wildman–Crippen MR) is 86.0 cm³/mol. The summed E-state index contributed by atoms with van der Waals surface area (Å²) in [5.74, 6) is 0.0458. The van der Waals surface area contributed by atoms with Gasteiger partial charge >= 0.3 is 0 Å². The minimum Gasteiger partial charge on any atom is -0.334 e. The highest BCUT2D eigenvalue weighted by molar-refractivity contribution is 6.30. The van der Waals surface area contributed by atoms with Crippen LogP contribution in [0, 0.1) is 0 Å². The molecule has 106 valence electrons. The Hall–Kier alpha value is -2.06. The van der Waals surface area contributed by atoms with Crippen LogP contribution < -0.4 is 0 Å². The molecule has 1 aliphatic rings. The van der Waals surface area contributed by atoms with Crippen LogP contribution in [-0.4, -0.2) is 17.4 Å². The number of halogens is 1. The Balaban J connectivity index is 1.69. The monoisotopic (exact) mass is 297 g/mol. The van der Waals surface area contributed by atoms with Gasteiger partial charge in [0, 0.05) is 24.2 Å². The maximum atomic E-state index is 12.3. The van der Waals surface area contributed by atoms with Crippen molar-refractivity contribution < 1.29 is 4.79 Å². The molecule has 0 unspecified atom stereocenters. The molecule has 0 saturated carbocycles. The molecule has 0 aromatic heterocycles. The Morgan fingerprint density at radius 3 is 2.71 bits per heavy atom. The van der Waals surface area contributed by atoms with Crippen molar-refractivity contribution in [3.63, 3.8) is 0 Å². The third-order valence-corrected chi connectivity index (χ3v) is 3.94. The molecule has 2 aromatic carbocycles. The topological polar surface area (TPSA) is 20.3 Å². The fraction of sp³-hybridized carbons (Fsp3) is 0.167. The van der Waals surface area contributed by atoms with Crippen LogP contribution in [0.4, 0.5) is 0 Å². The molecule has 1 amide bonds. The first kappa shape index (κ1) is 13.9. The van der Waals surface area contributed by atoms with E-state index in [1.165, 1.54) is 11.1 Å². The maximum absolute atomic E-state index is 12.3. The minimum atomic E-state index is 0.0458. The number of amides is 1. The van der Waals surface area contributed by atoms with E-state index < -0.39 is 0 Å². The first-order valence-electron chi connectivity index (χ1n) is 7.02. The molecule has 3 heteroatoms. The molecule has 3 rings (SSSR count). The van der Waals surface area contributed by atoms with Crippen LogP contribution >= 0.6 is 11.6 Å². The van der Waals surface area contributed by atoms with Gasteiger partial charge < -0.3 is 4.90 Å². The van der Waals surface area contributed by atoms with Gasteiger partial charge in [-0.3, -0.25) is 4.79 Å². The highest BCUT2D eigenvalue weighted by atomic mass is 35.5. The average Bonchev–Trinajstić information content (AvgIpc) is 2.52. The number of hydrogen-bond donors (Lipinski definition) is 0. The number of rotatable bonds is 2. The number of fused-ring (bicyclic) bond motifs is 1. The predicted octanol–water partition coefficient (Wildman–Crippen LogP) is 3.94. The number of hydrogen-bond acceptors (Lipinski definition) is 1. The van der Waals surface area contributed by atoms with Crippen LogP contribution in [0.15, 0.2) is 54.6 Å². The van der Waals surface area contributed by atoms with Crippen molar-refractivity contribution in [3.8, 4) is 0 Å². The Labute approximate surface area is 129 Å². The summed E-state index contributed by atoms with van der Waals surface area (Å²) in [5.41, 5.74) is 3.53. The zero-order valence-electron chi connectivity index (χ0n) is 11.6. The second kappa shape index (κ2) is 6.15. The highest BCUT2D eigenvalue weighted by Crippen LogP contribution is 2.19. The highest BCUT2D eigenvalue weighted by Gasteiger charge is 2.18. The van der Waals surface area contributed by atoms with Crippen molar-refractivity contribution in [2.45, 2.75) is 13.0 Å². The summed E-state index contributed by atoms with van der Waals surface area (Å²) in [4.78, 5) is 14.2. The van der Waals surface area contributed by atoms with Crippen molar-refractivity contribution in [2.24, 2.45) is 0 Å². The molecular formula is C18H16ClNO. The van der Waals surface area contributed by atoms with Gasteiger partial charge in [-0.25, -0.2) is 0 Å². The standard InChI is InChI=1S/C18H16ClNO/c19-17-7-3-4-14(12-17)8-9-18(21)20-11-10-15-5-1-2-6-16(15)13-20/h1-9,12H,10-11,13H2/b9-8+. The Kier molecular flexibility index (Phi) is 4.07. The van der Waals surface area contributed by atoms with E-state index in [9.17, 15) is 4.79 Å². The van der Waals surface area contributed by atoms with Crippen molar-refractivity contribution >= 4 is 23.6 Å². The second-order valence-corrected chi connectivity index (χ2v) is 5.60. The van der Waals surface area contributed by atoms with E-state index in [0.29, 0.717) is 11.6 Å². The number of carbonyl (C=O) groups excluding carboxylic acids is 1. The van der Waals surface area contributed by atoms with Gasteiger partial charge in [-0.1, -0.05) is 48.0 Å². The molecule has 1 heterocycles. The van der Waals surface area contributed by atoms with Crippen molar-refractivity contribution in [3.05, 3.63) is 76.3 Å². The SMILES string of the molecule is O=C(/C=C/c1cccc(Cl)c1)N1CCc2ccccc2C1. The molecular weight excluding hydrogens is 282 g/mol. The van der Waals surface area contributed by atoms with Crippen LogP contribution in [0.2, 0.25) is 5.02 Å². The summed E-state index contributed by atoms with van der Waals surface area (Å²) in [5, 5.41) is 0.677. The zero-order valence-corrected chi connectivity index (χ0v) is 12.4. The van der Waals surface area contributed by atoms with Crippen molar-refractivity contribution in [1.29, 1.82) is 0 Å². The second-order valence-electron chi connectivity index (χ2n) is 5.17. The van der Waals surface area contributed by atoms with E-state index in [-0.39, 0.29) is 5.91 Å². The van der Waals surface area contributed by atoms with Crippen LogP contribution in [0.25, 0.3) is 6.08 Å². The summed E-state index contributed by atoms with van der Waals surface area (Å²) in [6.07, 6.45) is 4.36. The minimum absolute atomic E-state index is 0.0458. The van der Waals surface area contributed by atoms with E-state index >= 15 is 0 Å². The maximum Gasteiger partial charge on any atom is 0.246 e. The van der Waals surface area contributed by atoms with Crippen molar-refractivity contribution in [1.82, 2.24) is 4.90 Å². The third kappa shape index (κ3) is 3.34. The molecule has 2 aromatic rings. The fourth-order valence-electron chi connectivity index (χ4n) is 2.57. The number of carbonyl (C=O) groups is 1. The lowest BCUT2D eigenvalue weighted by Crippen LogP contribution is -2.34. The summed E-state index contributed by atoms with van der Waals surface area (Å²) in [6.45, 7) is 1.46. The van der Waals surface area contributed by atoms with Gasteiger partial charge in [0.25, 0.3) is 0 Å². The average molecular weight is 298 g/mol. The molecule has 2 nitrogen and oxygen atoms in total. The molecule has 0 atom stereocenters. The van der Waals surface area contributed by atoms with Gasteiger partial charge in [0.15, 0.2) is 0 Å². The number of benzene rings is 2. The van der Waals surface area contributed by atoms with Gasteiger partial charge in [0.05, 0.1) is 0 Å². The van der Waals surface area contributed by atoms with Crippen LogP contribution in [-0.2, 0) is 17.8 Å².